The van der Waals surface area contributed by atoms with E-state index in [-0.39, 0.29) is 6.04 Å². The molecule has 0 bridgehead atoms. The van der Waals surface area contributed by atoms with Crippen LogP contribution in [0, 0.1) is 0 Å². The lowest BCUT2D eigenvalue weighted by Crippen LogP contribution is -2.28. The predicted molar refractivity (Wildman–Crippen MR) is 106 cm³/mol. The Hall–Kier alpha value is -1.23. The summed E-state index contributed by atoms with van der Waals surface area (Å²) in [4.78, 5) is 2.21. The van der Waals surface area contributed by atoms with Crippen molar-refractivity contribution in [2.75, 3.05) is 0 Å². The summed E-state index contributed by atoms with van der Waals surface area (Å²) < 4.78 is 38.5. The average molecular weight is 418 g/mol. The van der Waals surface area contributed by atoms with Crippen molar-refractivity contribution >= 4 is 23.2 Å². The van der Waals surface area contributed by atoms with E-state index in [1.807, 2.05) is 26.0 Å². The summed E-state index contributed by atoms with van der Waals surface area (Å²) in [5.41, 5.74) is 2.29. The molecule has 148 valence electrons. The number of nitrogens with zero attached hydrogens (tertiary/aromatic N) is 1. The van der Waals surface area contributed by atoms with Gasteiger partial charge in [0.25, 0.3) is 0 Å². The monoisotopic (exact) mass is 417 g/mol. The maximum Gasteiger partial charge on any atom is 0.416 e. The maximum absolute atomic E-state index is 12.8. The van der Waals surface area contributed by atoms with Gasteiger partial charge < -0.3 is 0 Å². The highest BCUT2D eigenvalue weighted by Crippen LogP contribution is 2.34. The van der Waals surface area contributed by atoms with Gasteiger partial charge >= 0.3 is 6.18 Å². The summed E-state index contributed by atoms with van der Waals surface area (Å²) >= 11 is 12.0. The molecule has 0 aliphatic carbocycles. The molecule has 0 unspecified atom stereocenters. The fourth-order valence-electron chi connectivity index (χ4n) is 3.16. The Morgan fingerprint density at radius 3 is 2.26 bits per heavy atom. The molecule has 0 fully saturated rings. The first-order valence-electron chi connectivity index (χ1n) is 9.11. The van der Waals surface area contributed by atoms with Crippen molar-refractivity contribution in [3.8, 4) is 0 Å². The minimum atomic E-state index is -4.29. The van der Waals surface area contributed by atoms with E-state index in [0.29, 0.717) is 23.1 Å². The Morgan fingerprint density at radius 1 is 0.963 bits per heavy atom. The van der Waals surface area contributed by atoms with Crippen molar-refractivity contribution in [1.82, 2.24) is 4.90 Å². The first-order chi connectivity index (χ1) is 12.7. The molecular formula is C21H24Cl2F3N. The minimum Gasteiger partial charge on any atom is -0.292 e. The summed E-state index contributed by atoms with van der Waals surface area (Å²) in [6.07, 6.45) is -2.54. The molecular weight excluding hydrogens is 394 g/mol. The zero-order valence-electron chi connectivity index (χ0n) is 15.7. The highest BCUT2D eigenvalue weighted by molar-refractivity contribution is 6.42. The summed E-state index contributed by atoms with van der Waals surface area (Å²) in [6.45, 7) is 7.35. The van der Waals surface area contributed by atoms with Crippen LogP contribution in [0.5, 0.6) is 0 Å². The normalized spacial score (nSPS) is 15.1. The summed E-state index contributed by atoms with van der Waals surface area (Å²) in [5.74, 6) is 0. The van der Waals surface area contributed by atoms with Gasteiger partial charge in [-0.05, 0) is 60.7 Å². The van der Waals surface area contributed by atoms with Crippen LogP contribution < -0.4 is 0 Å². The predicted octanol–water partition coefficient (Wildman–Crippen LogP) is 7.38. The minimum absolute atomic E-state index is 0.260. The van der Waals surface area contributed by atoms with E-state index < -0.39 is 11.7 Å². The van der Waals surface area contributed by atoms with Gasteiger partial charge in [-0.3, -0.25) is 4.90 Å². The van der Waals surface area contributed by atoms with Crippen molar-refractivity contribution in [2.24, 2.45) is 0 Å². The molecule has 0 saturated heterocycles. The quantitative estimate of drug-likeness (QED) is 0.501. The molecule has 0 saturated carbocycles. The van der Waals surface area contributed by atoms with E-state index in [1.165, 1.54) is 12.1 Å². The third-order valence-electron chi connectivity index (χ3n) is 4.74. The number of fused-ring (bicyclic) bond motifs is 1. The first kappa shape index (κ1) is 22.1. The second-order valence-corrected chi connectivity index (χ2v) is 7.34. The Balaban J connectivity index is 0.00000126. The standard InChI is InChI=1S/C19H18Cl2F3N.C2H6/c1-12(2-3-13-4-7-17(20)18(21)8-13)25-10-14-5-6-16(19(22,23)24)9-15(14)11-25;1-2/h4-9,12H,2-3,10-11H2,1H3;1-2H3/t12-;/m1./s1. The molecule has 0 spiro atoms. The van der Waals surface area contributed by atoms with Crippen LogP contribution in [0.3, 0.4) is 0 Å². The molecule has 1 nitrogen and oxygen atoms in total. The second-order valence-electron chi connectivity index (χ2n) is 6.52. The number of aryl methyl sites for hydroxylation is 1. The number of alkyl halides is 3. The zero-order valence-corrected chi connectivity index (χ0v) is 17.2. The highest BCUT2D eigenvalue weighted by Gasteiger charge is 2.32. The Morgan fingerprint density at radius 2 is 1.63 bits per heavy atom. The average Bonchev–Trinajstić information content (AvgIpc) is 3.07. The first-order valence-corrected chi connectivity index (χ1v) is 9.86. The van der Waals surface area contributed by atoms with Gasteiger partial charge in [0, 0.05) is 19.1 Å². The Labute approximate surface area is 169 Å². The van der Waals surface area contributed by atoms with Crippen LogP contribution in [0.25, 0.3) is 0 Å². The number of rotatable bonds is 4. The fourth-order valence-corrected chi connectivity index (χ4v) is 3.48. The van der Waals surface area contributed by atoms with Crippen LogP contribution in [0.4, 0.5) is 13.2 Å². The highest BCUT2D eigenvalue weighted by atomic mass is 35.5. The molecule has 0 amide bonds. The molecule has 0 N–H and O–H groups in total. The topological polar surface area (TPSA) is 3.24 Å². The summed E-state index contributed by atoms with van der Waals surface area (Å²) in [5, 5.41) is 1.08. The van der Waals surface area contributed by atoms with Gasteiger partial charge in [-0.15, -0.1) is 0 Å². The lowest BCUT2D eigenvalue weighted by Gasteiger charge is -2.23. The number of hydrogen-bond donors (Lipinski definition) is 0. The number of benzene rings is 2. The van der Waals surface area contributed by atoms with Crippen molar-refractivity contribution in [2.45, 2.75) is 58.9 Å². The van der Waals surface area contributed by atoms with Crippen molar-refractivity contribution in [1.29, 1.82) is 0 Å². The SMILES string of the molecule is CC.C[C@H](CCc1ccc(Cl)c(Cl)c1)N1Cc2ccc(C(F)(F)F)cc2C1. The van der Waals surface area contributed by atoms with Crippen molar-refractivity contribution < 1.29 is 13.2 Å². The molecule has 6 heteroatoms. The molecule has 2 aromatic rings. The molecule has 1 aliphatic rings. The molecule has 0 aromatic heterocycles. The van der Waals surface area contributed by atoms with Gasteiger partial charge in [0.15, 0.2) is 0 Å². The summed E-state index contributed by atoms with van der Waals surface area (Å²) in [7, 11) is 0. The van der Waals surface area contributed by atoms with E-state index in [0.717, 1.165) is 29.5 Å². The smallest absolute Gasteiger partial charge is 0.292 e. The largest absolute Gasteiger partial charge is 0.416 e. The number of halogens is 5. The van der Waals surface area contributed by atoms with Gasteiger partial charge in [-0.25, -0.2) is 0 Å². The van der Waals surface area contributed by atoms with Crippen molar-refractivity contribution in [3.05, 3.63) is 68.7 Å². The Bertz CT molecular complexity index is 775. The molecule has 1 aliphatic heterocycles. The van der Waals surface area contributed by atoms with E-state index >= 15 is 0 Å². The van der Waals surface area contributed by atoms with E-state index in [2.05, 4.69) is 11.8 Å². The third kappa shape index (κ3) is 5.63. The molecule has 1 atom stereocenters. The molecule has 1 heterocycles. The van der Waals surface area contributed by atoms with Crippen LogP contribution in [-0.4, -0.2) is 10.9 Å². The number of hydrogen-bond acceptors (Lipinski definition) is 1. The van der Waals surface area contributed by atoms with Crippen LogP contribution in [0.2, 0.25) is 10.0 Å². The van der Waals surface area contributed by atoms with Gasteiger partial charge in [0.05, 0.1) is 15.6 Å². The second kappa shape index (κ2) is 9.31. The molecule has 0 radical (unpaired) electrons. The van der Waals surface area contributed by atoms with Gasteiger partial charge in [-0.2, -0.15) is 13.2 Å². The van der Waals surface area contributed by atoms with E-state index in [4.69, 9.17) is 23.2 Å². The van der Waals surface area contributed by atoms with Crippen LogP contribution in [0.15, 0.2) is 36.4 Å². The van der Waals surface area contributed by atoms with Gasteiger partial charge in [0.1, 0.15) is 0 Å². The van der Waals surface area contributed by atoms with Crippen molar-refractivity contribution in [3.63, 3.8) is 0 Å². The van der Waals surface area contributed by atoms with Crippen LogP contribution in [0.1, 0.15) is 49.4 Å². The maximum atomic E-state index is 12.8. The lowest BCUT2D eigenvalue weighted by atomic mass is 10.1. The van der Waals surface area contributed by atoms with Gasteiger partial charge in [0.2, 0.25) is 0 Å². The summed E-state index contributed by atoms with van der Waals surface area (Å²) in [6, 6.07) is 9.92. The third-order valence-corrected chi connectivity index (χ3v) is 5.48. The lowest BCUT2D eigenvalue weighted by molar-refractivity contribution is -0.137. The van der Waals surface area contributed by atoms with Crippen LogP contribution >= 0.6 is 23.2 Å². The molecule has 2 aromatic carbocycles. The van der Waals surface area contributed by atoms with E-state index in [9.17, 15) is 13.2 Å². The van der Waals surface area contributed by atoms with Crippen LogP contribution in [-0.2, 0) is 25.7 Å². The van der Waals surface area contributed by atoms with Gasteiger partial charge in [-0.1, -0.05) is 49.2 Å². The molecule has 3 rings (SSSR count). The molecule has 27 heavy (non-hydrogen) atoms. The Kier molecular flexibility index (Phi) is 7.61. The van der Waals surface area contributed by atoms with E-state index in [1.54, 1.807) is 12.1 Å². The fraction of sp³-hybridized carbons (Fsp3) is 0.429. The zero-order chi connectivity index (χ0) is 20.2.